The fraction of sp³-hybridized carbons (Fsp3) is 0. The molecule has 0 radical (unpaired) electrons. The molecule has 2 aromatic carbocycles. The van der Waals surface area contributed by atoms with Gasteiger partial charge in [0.1, 0.15) is 0 Å². The zero-order valence-corrected chi connectivity index (χ0v) is 11.9. The maximum atomic E-state index is 12.1. The standard InChI is InChI=1S/C13H9Cl3N2O/c14-7-4-8(15)6-9(5-7)18-13(19)12-10(16)2-1-3-11(12)17/h1-6H,17H2,(H,18,19). The Kier molecular flexibility index (Phi) is 4.20. The summed E-state index contributed by atoms with van der Waals surface area (Å²) in [4.78, 5) is 12.1. The van der Waals surface area contributed by atoms with Crippen LogP contribution in [0.4, 0.5) is 11.4 Å². The Morgan fingerprint density at radius 2 is 1.68 bits per heavy atom. The number of amides is 1. The molecule has 0 heterocycles. The van der Waals surface area contributed by atoms with Crippen molar-refractivity contribution in [1.82, 2.24) is 0 Å². The van der Waals surface area contributed by atoms with Crippen molar-refractivity contribution in [3.63, 3.8) is 0 Å². The third-order valence-electron chi connectivity index (χ3n) is 2.39. The van der Waals surface area contributed by atoms with Gasteiger partial charge in [-0.25, -0.2) is 0 Å². The molecule has 0 unspecified atom stereocenters. The van der Waals surface area contributed by atoms with Crippen molar-refractivity contribution >= 4 is 52.1 Å². The molecule has 98 valence electrons. The maximum Gasteiger partial charge on any atom is 0.259 e. The Morgan fingerprint density at radius 1 is 1.05 bits per heavy atom. The minimum atomic E-state index is -0.415. The lowest BCUT2D eigenvalue weighted by atomic mass is 10.1. The van der Waals surface area contributed by atoms with Crippen LogP contribution >= 0.6 is 34.8 Å². The van der Waals surface area contributed by atoms with E-state index in [9.17, 15) is 4.79 Å². The first kappa shape index (κ1) is 14.0. The van der Waals surface area contributed by atoms with Crippen LogP contribution in [0.1, 0.15) is 10.4 Å². The number of hydrogen-bond donors (Lipinski definition) is 2. The van der Waals surface area contributed by atoms with E-state index in [1.807, 2.05) is 0 Å². The van der Waals surface area contributed by atoms with Gasteiger partial charge in [0.2, 0.25) is 0 Å². The van der Waals surface area contributed by atoms with E-state index in [0.717, 1.165) is 0 Å². The van der Waals surface area contributed by atoms with Crippen LogP contribution in [0.15, 0.2) is 36.4 Å². The molecule has 2 aromatic rings. The fourth-order valence-electron chi connectivity index (χ4n) is 1.60. The highest BCUT2D eigenvalue weighted by Gasteiger charge is 2.14. The first-order valence-electron chi connectivity index (χ1n) is 5.29. The summed E-state index contributed by atoms with van der Waals surface area (Å²) in [5, 5.41) is 3.78. The van der Waals surface area contributed by atoms with Crippen molar-refractivity contribution in [3.8, 4) is 0 Å². The second-order valence-corrected chi connectivity index (χ2v) is 5.10. The molecule has 0 spiro atoms. The molecule has 0 saturated heterocycles. The van der Waals surface area contributed by atoms with E-state index in [2.05, 4.69) is 5.32 Å². The molecule has 0 aliphatic carbocycles. The fourth-order valence-corrected chi connectivity index (χ4v) is 2.39. The van der Waals surface area contributed by atoms with E-state index in [1.54, 1.807) is 36.4 Å². The topological polar surface area (TPSA) is 55.1 Å². The summed E-state index contributed by atoms with van der Waals surface area (Å²) in [5.74, 6) is -0.415. The summed E-state index contributed by atoms with van der Waals surface area (Å²) in [6.07, 6.45) is 0. The van der Waals surface area contributed by atoms with Gasteiger partial charge in [0.25, 0.3) is 5.91 Å². The van der Waals surface area contributed by atoms with E-state index in [0.29, 0.717) is 21.4 Å². The summed E-state index contributed by atoms with van der Waals surface area (Å²) in [7, 11) is 0. The lowest BCUT2D eigenvalue weighted by molar-refractivity contribution is 0.102. The zero-order chi connectivity index (χ0) is 14.0. The lowest BCUT2D eigenvalue weighted by Crippen LogP contribution is -2.14. The first-order valence-corrected chi connectivity index (χ1v) is 6.42. The Labute approximate surface area is 125 Å². The first-order chi connectivity index (χ1) is 8.97. The second kappa shape index (κ2) is 5.70. The Balaban J connectivity index is 2.31. The van der Waals surface area contributed by atoms with Crippen LogP contribution in [0.25, 0.3) is 0 Å². The average Bonchev–Trinajstić information content (AvgIpc) is 2.26. The molecule has 0 aromatic heterocycles. The van der Waals surface area contributed by atoms with Crippen LogP contribution in [-0.2, 0) is 0 Å². The SMILES string of the molecule is Nc1cccc(Cl)c1C(=O)Nc1cc(Cl)cc(Cl)c1. The molecule has 1 amide bonds. The van der Waals surface area contributed by atoms with Gasteiger partial charge in [0.15, 0.2) is 0 Å². The van der Waals surface area contributed by atoms with Gasteiger partial charge in [-0.15, -0.1) is 0 Å². The number of nitrogens with one attached hydrogen (secondary N) is 1. The molecule has 3 N–H and O–H groups in total. The molecule has 6 heteroatoms. The van der Waals surface area contributed by atoms with Gasteiger partial charge < -0.3 is 11.1 Å². The molecule has 0 aliphatic heterocycles. The van der Waals surface area contributed by atoms with E-state index in [1.165, 1.54) is 0 Å². The summed E-state index contributed by atoms with van der Waals surface area (Å²) >= 11 is 17.7. The number of rotatable bonds is 2. The summed E-state index contributed by atoms with van der Waals surface area (Å²) in [6.45, 7) is 0. The monoisotopic (exact) mass is 314 g/mol. The summed E-state index contributed by atoms with van der Waals surface area (Å²) in [6, 6.07) is 9.60. The molecular weight excluding hydrogens is 307 g/mol. The molecule has 19 heavy (non-hydrogen) atoms. The quantitative estimate of drug-likeness (QED) is 0.803. The molecule has 0 fully saturated rings. The van der Waals surface area contributed by atoms with Gasteiger partial charge in [-0.1, -0.05) is 40.9 Å². The third kappa shape index (κ3) is 3.32. The van der Waals surface area contributed by atoms with Crippen molar-refractivity contribution in [2.75, 3.05) is 11.1 Å². The Bertz CT molecular complexity index is 603. The van der Waals surface area contributed by atoms with Crippen LogP contribution in [0.2, 0.25) is 15.1 Å². The number of hydrogen-bond acceptors (Lipinski definition) is 2. The van der Waals surface area contributed by atoms with Crippen molar-refractivity contribution in [1.29, 1.82) is 0 Å². The second-order valence-electron chi connectivity index (χ2n) is 3.82. The van der Waals surface area contributed by atoms with E-state index < -0.39 is 5.91 Å². The molecule has 2 rings (SSSR count). The van der Waals surface area contributed by atoms with Gasteiger partial charge in [-0.2, -0.15) is 0 Å². The third-order valence-corrected chi connectivity index (χ3v) is 3.14. The summed E-state index contributed by atoms with van der Waals surface area (Å²) in [5.41, 5.74) is 6.74. The van der Waals surface area contributed by atoms with Gasteiger partial charge in [-0.05, 0) is 30.3 Å². The highest BCUT2D eigenvalue weighted by atomic mass is 35.5. The summed E-state index contributed by atoms with van der Waals surface area (Å²) < 4.78 is 0. The van der Waals surface area contributed by atoms with E-state index >= 15 is 0 Å². The Hall–Kier alpha value is -1.42. The number of halogens is 3. The van der Waals surface area contributed by atoms with Crippen molar-refractivity contribution in [2.45, 2.75) is 0 Å². The zero-order valence-electron chi connectivity index (χ0n) is 9.58. The van der Waals surface area contributed by atoms with Crippen LogP contribution in [0.5, 0.6) is 0 Å². The number of nitrogens with two attached hydrogens (primary N) is 1. The predicted molar refractivity (Wildman–Crippen MR) is 80.3 cm³/mol. The number of nitrogen functional groups attached to an aromatic ring is 1. The Morgan fingerprint density at radius 3 is 2.26 bits per heavy atom. The molecule has 0 aliphatic rings. The average molecular weight is 316 g/mol. The minimum Gasteiger partial charge on any atom is -0.398 e. The van der Waals surface area contributed by atoms with Crippen molar-refractivity contribution in [3.05, 3.63) is 57.0 Å². The number of benzene rings is 2. The predicted octanol–water partition coefficient (Wildman–Crippen LogP) is 4.48. The lowest BCUT2D eigenvalue weighted by Gasteiger charge is -2.09. The van der Waals surface area contributed by atoms with Crippen molar-refractivity contribution < 1.29 is 4.79 Å². The highest BCUT2D eigenvalue weighted by Crippen LogP contribution is 2.26. The van der Waals surface area contributed by atoms with Crippen LogP contribution in [0, 0.1) is 0 Å². The number of carbonyl (C=O) groups excluding carboxylic acids is 1. The smallest absolute Gasteiger partial charge is 0.259 e. The van der Waals surface area contributed by atoms with Gasteiger partial charge in [0, 0.05) is 21.4 Å². The van der Waals surface area contributed by atoms with Crippen LogP contribution in [-0.4, -0.2) is 5.91 Å². The largest absolute Gasteiger partial charge is 0.398 e. The van der Waals surface area contributed by atoms with E-state index in [4.69, 9.17) is 40.5 Å². The molecule has 0 bridgehead atoms. The molecule has 0 atom stereocenters. The molecule has 3 nitrogen and oxygen atoms in total. The van der Waals surface area contributed by atoms with Gasteiger partial charge in [0.05, 0.1) is 10.6 Å². The molecule has 0 saturated carbocycles. The number of anilines is 2. The van der Waals surface area contributed by atoms with Crippen molar-refractivity contribution in [2.24, 2.45) is 0 Å². The maximum absolute atomic E-state index is 12.1. The number of carbonyl (C=O) groups is 1. The van der Waals surface area contributed by atoms with Crippen LogP contribution < -0.4 is 11.1 Å². The van der Waals surface area contributed by atoms with Crippen LogP contribution in [0.3, 0.4) is 0 Å². The van der Waals surface area contributed by atoms with Gasteiger partial charge >= 0.3 is 0 Å². The highest BCUT2D eigenvalue weighted by molar-refractivity contribution is 6.36. The molecular formula is C13H9Cl3N2O. The minimum absolute atomic E-state index is 0.222. The van der Waals surface area contributed by atoms with E-state index in [-0.39, 0.29) is 10.6 Å². The van der Waals surface area contributed by atoms with Gasteiger partial charge in [-0.3, -0.25) is 4.79 Å². The normalized spacial score (nSPS) is 10.3.